The van der Waals surface area contributed by atoms with Crippen LogP contribution in [0, 0.1) is 13.8 Å². The Labute approximate surface area is 170 Å². The van der Waals surface area contributed by atoms with Gasteiger partial charge in [-0.25, -0.2) is 13.9 Å². The van der Waals surface area contributed by atoms with E-state index in [1.807, 2.05) is 0 Å². The summed E-state index contributed by atoms with van der Waals surface area (Å²) in [6, 6.07) is 8.65. The highest BCUT2D eigenvalue weighted by atomic mass is 32.2. The molecule has 0 bridgehead atoms. The molecule has 3 rings (SSSR count). The average Bonchev–Trinajstić information content (AvgIpc) is 2.65. The van der Waals surface area contributed by atoms with Crippen LogP contribution in [-0.2, 0) is 21.8 Å². The first-order valence-electron chi connectivity index (χ1n) is 8.67. The Morgan fingerprint density at radius 1 is 1.13 bits per heavy atom. The standard InChI is InChI=1S/C20H17F3N2O4S/c1-11-3-5-14(6-4-11)30(28,29)10-13-7-12(2)18-15(8-13)17(20(21,22)23)16(9-24-18)19(26)25-27/h3-9,27H,10H2,1-2H3,(H,25,26). The van der Waals surface area contributed by atoms with Crippen molar-refractivity contribution < 1.29 is 31.6 Å². The number of carbonyl (C=O) groups excluding carboxylic acids is 1. The van der Waals surface area contributed by atoms with Gasteiger partial charge in [0.1, 0.15) is 0 Å². The summed E-state index contributed by atoms with van der Waals surface area (Å²) in [4.78, 5) is 15.7. The molecule has 0 aliphatic heterocycles. The van der Waals surface area contributed by atoms with E-state index in [-0.39, 0.29) is 16.0 Å². The second-order valence-corrected chi connectivity index (χ2v) is 8.86. The van der Waals surface area contributed by atoms with Crippen molar-refractivity contribution in [3.63, 3.8) is 0 Å². The summed E-state index contributed by atoms with van der Waals surface area (Å²) in [5, 5.41) is 8.37. The predicted molar refractivity (Wildman–Crippen MR) is 103 cm³/mol. The molecule has 158 valence electrons. The van der Waals surface area contributed by atoms with Crippen LogP contribution in [0.5, 0.6) is 0 Å². The summed E-state index contributed by atoms with van der Waals surface area (Å²) < 4.78 is 66.8. The minimum absolute atomic E-state index is 0.0201. The van der Waals surface area contributed by atoms with Gasteiger partial charge < -0.3 is 0 Å². The first kappa shape index (κ1) is 21.7. The quantitative estimate of drug-likeness (QED) is 0.475. The minimum Gasteiger partial charge on any atom is -0.288 e. The van der Waals surface area contributed by atoms with Crippen LogP contribution in [0.4, 0.5) is 13.2 Å². The third-order valence-corrected chi connectivity index (χ3v) is 6.29. The minimum atomic E-state index is -4.94. The highest BCUT2D eigenvalue weighted by Crippen LogP contribution is 2.38. The van der Waals surface area contributed by atoms with Crippen LogP contribution in [0.1, 0.15) is 32.6 Å². The lowest BCUT2D eigenvalue weighted by atomic mass is 9.98. The molecule has 3 aromatic rings. The predicted octanol–water partition coefficient (Wildman–Crippen LogP) is 3.96. The molecule has 1 heterocycles. The number of alkyl halides is 3. The maximum atomic E-state index is 13.8. The monoisotopic (exact) mass is 438 g/mol. The number of hydrogen-bond acceptors (Lipinski definition) is 5. The van der Waals surface area contributed by atoms with Gasteiger partial charge in [0.2, 0.25) is 0 Å². The SMILES string of the molecule is Cc1ccc(S(=O)(=O)Cc2cc(C)c3ncc(C(=O)NO)c(C(F)(F)F)c3c2)cc1. The molecule has 0 saturated heterocycles. The van der Waals surface area contributed by atoms with Crippen LogP contribution in [0.2, 0.25) is 0 Å². The number of benzene rings is 2. The van der Waals surface area contributed by atoms with E-state index in [0.29, 0.717) is 5.56 Å². The van der Waals surface area contributed by atoms with Gasteiger partial charge in [0.05, 0.1) is 27.3 Å². The van der Waals surface area contributed by atoms with E-state index >= 15 is 0 Å². The molecule has 1 aromatic heterocycles. The second kappa shape index (κ2) is 7.69. The van der Waals surface area contributed by atoms with E-state index in [1.165, 1.54) is 30.6 Å². The Balaban J connectivity index is 2.20. The zero-order valence-corrected chi connectivity index (χ0v) is 16.7. The number of nitrogens with one attached hydrogen (secondary N) is 1. The highest BCUT2D eigenvalue weighted by molar-refractivity contribution is 7.90. The molecule has 2 N–H and O–H groups in total. The van der Waals surface area contributed by atoms with Crippen molar-refractivity contribution in [1.82, 2.24) is 10.5 Å². The first-order valence-corrected chi connectivity index (χ1v) is 10.3. The van der Waals surface area contributed by atoms with Crippen molar-refractivity contribution in [2.75, 3.05) is 0 Å². The third-order valence-electron chi connectivity index (χ3n) is 4.59. The fraction of sp³-hybridized carbons (Fsp3) is 0.200. The summed E-state index contributed by atoms with van der Waals surface area (Å²) >= 11 is 0. The molecule has 6 nitrogen and oxygen atoms in total. The number of fused-ring (bicyclic) bond motifs is 1. The van der Waals surface area contributed by atoms with Crippen molar-refractivity contribution in [3.8, 4) is 0 Å². The van der Waals surface area contributed by atoms with Crippen LogP contribution >= 0.6 is 0 Å². The smallest absolute Gasteiger partial charge is 0.288 e. The summed E-state index contributed by atoms with van der Waals surface area (Å²) in [7, 11) is -3.82. The molecule has 0 unspecified atom stereocenters. The number of amides is 1. The second-order valence-electron chi connectivity index (χ2n) is 6.87. The summed E-state index contributed by atoms with van der Waals surface area (Å²) in [5.74, 6) is -1.90. The number of pyridine rings is 1. The molecule has 0 spiro atoms. The lowest BCUT2D eigenvalue weighted by Crippen LogP contribution is -2.24. The molecule has 0 aliphatic rings. The largest absolute Gasteiger partial charge is 0.417 e. The lowest BCUT2D eigenvalue weighted by Gasteiger charge is -2.16. The van der Waals surface area contributed by atoms with Gasteiger partial charge in [0.25, 0.3) is 5.91 Å². The summed E-state index contributed by atoms with van der Waals surface area (Å²) in [6.45, 7) is 3.30. The number of carbonyl (C=O) groups is 1. The van der Waals surface area contributed by atoms with Crippen molar-refractivity contribution >= 4 is 26.6 Å². The van der Waals surface area contributed by atoms with E-state index in [1.54, 1.807) is 19.1 Å². The van der Waals surface area contributed by atoms with E-state index in [2.05, 4.69) is 4.98 Å². The Morgan fingerprint density at radius 3 is 2.33 bits per heavy atom. The van der Waals surface area contributed by atoms with Crippen molar-refractivity contribution in [2.45, 2.75) is 30.7 Å². The van der Waals surface area contributed by atoms with Crippen molar-refractivity contribution in [1.29, 1.82) is 0 Å². The number of halogens is 3. The van der Waals surface area contributed by atoms with Gasteiger partial charge in [-0.15, -0.1) is 0 Å². The van der Waals surface area contributed by atoms with Gasteiger partial charge >= 0.3 is 6.18 Å². The van der Waals surface area contributed by atoms with Gasteiger partial charge in [-0.3, -0.25) is 15.0 Å². The molecular formula is C20H17F3N2O4S. The highest BCUT2D eigenvalue weighted by Gasteiger charge is 2.38. The zero-order valence-electron chi connectivity index (χ0n) is 15.9. The molecule has 0 radical (unpaired) electrons. The maximum absolute atomic E-state index is 13.8. The van der Waals surface area contributed by atoms with Gasteiger partial charge in [0.15, 0.2) is 9.84 Å². The molecule has 30 heavy (non-hydrogen) atoms. The van der Waals surface area contributed by atoms with Gasteiger partial charge in [-0.1, -0.05) is 23.8 Å². The Kier molecular flexibility index (Phi) is 5.57. The van der Waals surface area contributed by atoms with Crippen LogP contribution in [-0.4, -0.2) is 24.5 Å². The Morgan fingerprint density at radius 2 is 1.77 bits per heavy atom. The van der Waals surface area contributed by atoms with Crippen LogP contribution < -0.4 is 5.48 Å². The number of hydroxylamine groups is 1. The number of sulfone groups is 1. The zero-order chi connectivity index (χ0) is 22.3. The van der Waals surface area contributed by atoms with E-state index in [4.69, 9.17) is 5.21 Å². The number of aromatic nitrogens is 1. The summed E-state index contributed by atoms with van der Waals surface area (Å²) in [5.41, 5.74) is 0.306. The number of rotatable bonds is 4. The van der Waals surface area contributed by atoms with E-state index in [0.717, 1.165) is 17.8 Å². The Hall–Kier alpha value is -2.98. The third kappa shape index (κ3) is 4.14. The molecule has 0 atom stereocenters. The number of aryl methyl sites for hydroxylation is 2. The molecule has 0 aliphatic carbocycles. The van der Waals surface area contributed by atoms with Gasteiger partial charge in [0, 0.05) is 11.6 Å². The topological polar surface area (TPSA) is 96.4 Å². The van der Waals surface area contributed by atoms with Gasteiger partial charge in [-0.2, -0.15) is 13.2 Å². The maximum Gasteiger partial charge on any atom is 0.417 e. The normalized spacial score (nSPS) is 12.2. The molecule has 0 fully saturated rings. The molecule has 0 saturated carbocycles. The lowest BCUT2D eigenvalue weighted by molar-refractivity contribution is -0.136. The Bertz CT molecular complexity index is 1240. The number of hydrogen-bond donors (Lipinski definition) is 2. The van der Waals surface area contributed by atoms with Crippen molar-refractivity contribution in [3.05, 3.63) is 70.4 Å². The van der Waals surface area contributed by atoms with E-state index in [9.17, 15) is 26.4 Å². The fourth-order valence-corrected chi connectivity index (χ4v) is 4.55. The average molecular weight is 438 g/mol. The van der Waals surface area contributed by atoms with Crippen LogP contribution in [0.3, 0.4) is 0 Å². The van der Waals surface area contributed by atoms with E-state index < -0.39 is 44.2 Å². The first-order chi connectivity index (χ1) is 13.9. The van der Waals surface area contributed by atoms with Gasteiger partial charge in [-0.05, 0) is 43.2 Å². The molecule has 1 amide bonds. The van der Waals surface area contributed by atoms with Crippen LogP contribution in [0.15, 0.2) is 47.5 Å². The van der Waals surface area contributed by atoms with Crippen LogP contribution in [0.25, 0.3) is 10.9 Å². The summed E-state index contributed by atoms with van der Waals surface area (Å²) in [6.07, 6.45) is -4.21. The molecule has 10 heteroatoms. The number of nitrogens with zero attached hydrogens (tertiary/aromatic N) is 1. The van der Waals surface area contributed by atoms with Crippen molar-refractivity contribution in [2.24, 2.45) is 0 Å². The molecule has 2 aromatic carbocycles. The fourth-order valence-electron chi connectivity index (χ4n) is 3.22. The molecular weight excluding hydrogens is 421 g/mol.